The third-order valence-electron chi connectivity index (χ3n) is 3.82. The molecule has 2 amide bonds. The number of rotatable bonds is 2. The van der Waals surface area contributed by atoms with E-state index < -0.39 is 11.9 Å². The van der Waals surface area contributed by atoms with Gasteiger partial charge in [-0.25, -0.2) is 9.42 Å². The fraction of sp³-hybridized carbons (Fsp3) is 0.429. The summed E-state index contributed by atoms with van der Waals surface area (Å²) in [5, 5.41) is 19.4. The number of carbonyl (C=O) groups is 2. The van der Waals surface area contributed by atoms with E-state index in [4.69, 9.17) is 5.11 Å². The van der Waals surface area contributed by atoms with E-state index in [1.54, 1.807) is 18.2 Å². The van der Waals surface area contributed by atoms with Gasteiger partial charge in [0.25, 0.3) is 0 Å². The molecule has 8 nitrogen and oxygen atoms in total. The van der Waals surface area contributed by atoms with Gasteiger partial charge in [-0.3, -0.25) is 4.79 Å². The molecule has 2 aromatic rings. The number of anilines is 1. The lowest BCUT2D eigenvalue weighted by Gasteiger charge is -2.34. The summed E-state index contributed by atoms with van der Waals surface area (Å²) in [6, 6.07) is 4.83. The SMILES string of the molecule is CC1CC(C(=O)O)CN(C(=O)Nc2cccc3nonc23)C1. The minimum Gasteiger partial charge on any atom is -0.481 e. The Kier molecular flexibility index (Phi) is 3.66. The number of likely N-dealkylation sites (tertiary alicyclic amines) is 1. The number of aromatic nitrogens is 2. The topological polar surface area (TPSA) is 109 Å². The molecule has 0 aliphatic carbocycles. The van der Waals surface area contributed by atoms with E-state index >= 15 is 0 Å². The van der Waals surface area contributed by atoms with Gasteiger partial charge in [-0.2, -0.15) is 0 Å². The first-order valence-corrected chi connectivity index (χ1v) is 7.04. The second-order valence-electron chi connectivity index (χ2n) is 5.65. The van der Waals surface area contributed by atoms with Gasteiger partial charge in [-0.1, -0.05) is 13.0 Å². The van der Waals surface area contributed by atoms with Crippen LogP contribution in [0.2, 0.25) is 0 Å². The Morgan fingerprint density at radius 3 is 2.95 bits per heavy atom. The van der Waals surface area contributed by atoms with E-state index in [0.29, 0.717) is 29.7 Å². The maximum absolute atomic E-state index is 12.4. The van der Waals surface area contributed by atoms with Gasteiger partial charge in [0, 0.05) is 13.1 Å². The molecular weight excluding hydrogens is 288 g/mol. The molecule has 0 radical (unpaired) electrons. The lowest BCUT2D eigenvalue weighted by molar-refractivity contribution is -0.143. The maximum Gasteiger partial charge on any atom is 0.321 e. The van der Waals surface area contributed by atoms with Crippen molar-refractivity contribution in [3.05, 3.63) is 18.2 Å². The van der Waals surface area contributed by atoms with Gasteiger partial charge >= 0.3 is 12.0 Å². The van der Waals surface area contributed by atoms with Gasteiger partial charge in [0.1, 0.15) is 5.52 Å². The van der Waals surface area contributed by atoms with Gasteiger partial charge in [-0.05, 0) is 34.8 Å². The molecule has 8 heteroatoms. The van der Waals surface area contributed by atoms with Crippen LogP contribution in [0.4, 0.5) is 10.5 Å². The van der Waals surface area contributed by atoms with Crippen LogP contribution in [0, 0.1) is 11.8 Å². The van der Waals surface area contributed by atoms with Crippen LogP contribution >= 0.6 is 0 Å². The van der Waals surface area contributed by atoms with Gasteiger partial charge in [0.15, 0.2) is 5.52 Å². The number of aliphatic carboxylic acids is 1. The minimum atomic E-state index is -0.868. The number of piperidine rings is 1. The Balaban J connectivity index is 1.76. The number of carbonyl (C=O) groups excluding carboxylic acids is 1. The highest BCUT2D eigenvalue weighted by molar-refractivity contribution is 5.98. The number of benzene rings is 1. The molecule has 2 heterocycles. The zero-order chi connectivity index (χ0) is 15.7. The molecule has 1 fully saturated rings. The van der Waals surface area contributed by atoms with E-state index in [1.807, 2.05) is 6.92 Å². The van der Waals surface area contributed by atoms with Crippen LogP contribution in [0.5, 0.6) is 0 Å². The monoisotopic (exact) mass is 304 g/mol. The van der Waals surface area contributed by atoms with Crippen molar-refractivity contribution in [1.29, 1.82) is 0 Å². The van der Waals surface area contributed by atoms with E-state index in [0.717, 1.165) is 0 Å². The Labute approximate surface area is 126 Å². The van der Waals surface area contributed by atoms with Crippen LogP contribution in [-0.2, 0) is 4.79 Å². The van der Waals surface area contributed by atoms with Gasteiger partial charge < -0.3 is 15.3 Å². The highest BCUT2D eigenvalue weighted by Crippen LogP contribution is 2.24. The third kappa shape index (κ3) is 2.72. The summed E-state index contributed by atoms with van der Waals surface area (Å²) < 4.78 is 4.66. The summed E-state index contributed by atoms with van der Waals surface area (Å²) in [5.41, 5.74) is 1.51. The molecule has 116 valence electrons. The molecule has 22 heavy (non-hydrogen) atoms. The first kappa shape index (κ1) is 14.3. The smallest absolute Gasteiger partial charge is 0.321 e. The Morgan fingerprint density at radius 2 is 2.18 bits per heavy atom. The van der Waals surface area contributed by atoms with E-state index in [2.05, 4.69) is 20.3 Å². The van der Waals surface area contributed by atoms with Crippen molar-refractivity contribution < 1.29 is 19.3 Å². The summed E-state index contributed by atoms with van der Waals surface area (Å²) in [6.45, 7) is 2.68. The number of nitrogens with zero attached hydrogens (tertiary/aromatic N) is 3. The van der Waals surface area contributed by atoms with E-state index in [-0.39, 0.29) is 18.5 Å². The predicted octanol–water partition coefficient (Wildman–Crippen LogP) is 1.80. The van der Waals surface area contributed by atoms with Crippen molar-refractivity contribution >= 4 is 28.7 Å². The molecule has 1 aliphatic rings. The second kappa shape index (κ2) is 5.63. The van der Waals surface area contributed by atoms with Crippen molar-refractivity contribution in [1.82, 2.24) is 15.2 Å². The lowest BCUT2D eigenvalue weighted by atomic mass is 9.91. The summed E-state index contributed by atoms with van der Waals surface area (Å²) in [5.74, 6) is -1.25. The van der Waals surface area contributed by atoms with Crippen LogP contribution < -0.4 is 5.32 Å². The van der Waals surface area contributed by atoms with Crippen LogP contribution in [-0.4, -0.2) is 45.4 Å². The standard InChI is InChI=1S/C14H16N4O4/c1-8-5-9(13(19)20)7-18(6-8)14(21)15-10-3-2-4-11-12(10)17-22-16-11/h2-4,8-9H,5-7H2,1H3,(H,15,21)(H,19,20). The fourth-order valence-corrected chi connectivity index (χ4v) is 2.80. The molecule has 2 unspecified atom stereocenters. The number of hydrogen-bond donors (Lipinski definition) is 2. The zero-order valence-electron chi connectivity index (χ0n) is 12.0. The molecule has 3 rings (SSSR count). The zero-order valence-corrected chi connectivity index (χ0v) is 12.0. The first-order chi connectivity index (χ1) is 10.5. The highest BCUT2D eigenvalue weighted by atomic mass is 16.6. The lowest BCUT2D eigenvalue weighted by Crippen LogP contribution is -2.47. The summed E-state index contributed by atoms with van der Waals surface area (Å²) in [7, 11) is 0. The predicted molar refractivity (Wildman–Crippen MR) is 77.3 cm³/mol. The van der Waals surface area contributed by atoms with Crippen molar-refractivity contribution in [2.24, 2.45) is 11.8 Å². The van der Waals surface area contributed by atoms with Crippen LogP contribution in [0.1, 0.15) is 13.3 Å². The third-order valence-corrected chi connectivity index (χ3v) is 3.82. The number of fused-ring (bicyclic) bond motifs is 1. The first-order valence-electron chi connectivity index (χ1n) is 7.04. The highest BCUT2D eigenvalue weighted by Gasteiger charge is 2.32. The molecular formula is C14H16N4O4. The Bertz CT molecular complexity index is 714. The van der Waals surface area contributed by atoms with Gasteiger partial charge in [0.2, 0.25) is 0 Å². The van der Waals surface area contributed by atoms with Crippen LogP contribution in [0.15, 0.2) is 22.8 Å². The van der Waals surface area contributed by atoms with E-state index in [1.165, 1.54) is 4.90 Å². The molecule has 1 saturated heterocycles. The molecule has 2 atom stereocenters. The summed E-state index contributed by atoms with van der Waals surface area (Å²) in [4.78, 5) is 25.1. The minimum absolute atomic E-state index is 0.144. The van der Waals surface area contributed by atoms with Crippen molar-refractivity contribution in [2.75, 3.05) is 18.4 Å². The number of amides is 2. The number of carboxylic acids is 1. The molecule has 0 spiro atoms. The Hall–Kier alpha value is -2.64. The summed E-state index contributed by atoms with van der Waals surface area (Å²) in [6.07, 6.45) is 0.585. The summed E-state index contributed by atoms with van der Waals surface area (Å²) >= 11 is 0. The van der Waals surface area contributed by atoms with Crippen molar-refractivity contribution in [3.8, 4) is 0 Å². The molecule has 1 aromatic carbocycles. The van der Waals surface area contributed by atoms with Gasteiger partial charge in [-0.15, -0.1) is 0 Å². The van der Waals surface area contributed by atoms with Crippen molar-refractivity contribution in [3.63, 3.8) is 0 Å². The fourth-order valence-electron chi connectivity index (χ4n) is 2.80. The van der Waals surface area contributed by atoms with Gasteiger partial charge in [0.05, 0.1) is 11.6 Å². The number of nitrogens with one attached hydrogen (secondary N) is 1. The van der Waals surface area contributed by atoms with Crippen LogP contribution in [0.3, 0.4) is 0 Å². The normalized spacial score (nSPS) is 21.8. The maximum atomic E-state index is 12.4. The number of urea groups is 1. The average molecular weight is 304 g/mol. The second-order valence-corrected chi connectivity index (χ2v) is 5.65. The molecule has 1 aromatic heterocycles. The average Bonchev–Trinajstić information content (AvgIpc) is 2.96. The van der Waals surface area contributed by atoms with Crippen molar-refractivity contribution in [2.45, 2.75) is 13.3 Å². The largest absolute Gasteiger partial charge is 0.481 e. The molecule has 1 aliphatic heterocycles. The van der Waals surface area contributed by atoms with Crippen LogP contribution in [0.25, 0.3) is 11.0 Å². The number of hydrogen-bond acceptors (Lipinski definition) is 5. The Morgan fingerprint density at radius 1 is 1.36 bits per heavy atom. The molecule has 0 saturated carbocycles. The molecule has 0 bridgehead atoms. The van der Waals surface area contributed by atoms with E-state index in [9.17, 15) is 9.59 Å². The quantitative estimate of drug-likeness (QED) is 0.875. The molecule has 2 N–H and O–H groups in total. The number of carboxylic acid groups (broad SMARTS) is 1.